The van der Waals surface area contributed by atoms with Gasteiger partial charge in [-0.2, -0.15) is 0 Å². The van der Waals surface area contributed by atoms with Gasteiger partial charge in [0.25, 0.3) is 5.56 Å². The quantitative estimate of drug-likeness (QED) is 0.855. The third-order valence-corrected chi connectivity index (χ3v) is 3.96. The van der Waals surface area contributed by atoms with Crippen LogP contribution in [0.1, 0.15) is 31.0 Å². The number of hydrogen-bond donors (Lipinski definition) is 0. The number of hydrogen-bond acceptors (Lipinski definition) is 4. The van der Waals surface area contributed by atoms with Gasteiger partial charge < -0.3 is 9.47 Å². The SMILES string of the molecule is O=C(CCn1ccccc1=O)N1CCCC1c1cnccn1. The van der Waals surface area contributed by atoms with Crippen LogP contribution in [0.5, 0.6) is 0 Å². The maximum Gasteiger partial charge on any atom is 0.250 e. The van der Waals surface area contributed by atoms with Crippen molar-refractivity contribution < 1.29 is 4.79 Å². The van der Waals surface area contributed by atoms with E-state index in [2.05, 4.69) is 9.97 Å². The molecule has 0 saturated carbocycles. The molecule has 2 aromatic heterocycles. The molecule has 0 N–H and O–H groups in total. The molecule has 114 valence electrons. The molecule has 1 aliphatic rings. The molecular weight excluding hydrogens is 280 g/mol. The van der Waals surface area contributed by atoms with Crippen LogP contribution in [0.25, 0.3) is 0 Å². The predicted molar refractivity (Wildman–Crippen MR) is 81.0 cm³/mol. The van der Waals surface area contributed by atoms with Crippen LogP contribution in [-0.2, 0) is 11.3 Å². The molecule has 0 bridgehead atoms. The van der Waals surface area contributed by atoms with E-state index >= 15 is 0 Å². The monoisotopic (exact) mass is 298 g/mol. The molecule has 1 atom stereocenters. The van der Waals surface area contributed by atoms with Gasteiger partial charge in [-0.05, 0) is 18.9 Å². The van der Waals surface area contributed by atoms with Crippen LogP contribution in [0.3, 0.4) is 0 Å². The Hall–Kier alpha value is -2.50. The normalized spacial score (nSPS) is 17.6. The van der Waals surface area contributed by atoms with Crippen LogP contribution in [0.15, 0.2) is 47.8 Å². The Morgan fingerprint density at radius 2 is 2.23 bits per heavy atom. The number of carbonyl (C=O) groups excluding carboxylic acids is 1. The highest BCUT2D eigenvalue weighted by molar-refractivity contribution is 5.76. The summed E-state index contributed by atoms with van der Waals surface area (Å²) in [6.45, 7) is 1.14. The van der Waals surface area contributed by atoms with E-state index in [-0.39, 0.29) is 17.5 Å². The molecule has 1 aliphatic heterocycles. The Kier molecular flexibility index (Phi) is 4.27. The molecule has 22 heavy (non-hydrogen) atoms. The summed E-state index contributed by atoms with van der Waals surface area (Å²) in [5, 5.41) is 0. The van der Waals surface area contributed by atoms with E-state index in [1.807, 2.05) is 4.90 Å². The van der Waals surface area contributed by atoms with Crippen LogP contribution >= 0.6 is 0 Å². The number of nitrogens with zero attached hydrogens (tertiary/aromatic N) is 4. The van der Waals surface area contributed by atoms with Gasteiger partial charge in [0, 0.05) is 44.2 Å². The molecule has 1 unspecified atom stereocenters. The minimum Gasteiger partial charge on any atom is -0.334 e. The number of likely N-dealkylation sites (tertiary alicyclic amines) is 1. The molecular formula is C16H18N4O2. The fourth-order valence-electron chi connectivity index (χ4n) is 2.86. The molecule has 6 heteroatoms. The molecule has 3 heterocycles. The molecule has 3 rings (SSSR count). The number of aromatic nitrogens is 3. The van der Waals surface area contributed by atoms with Gasteiger partial charge in [0.15, 0.2) is 0 Å². The van der Waals surface area contributed by atoms with Crippen molar-refractivity contribution in [2.24, 2.45) is 0 Å². The van der Waals surface area contributed by atoms with Gasteiger partial charge in [-0.15, -0.1) is 0 Å². The summed E-state index contributed by atoms with van der Waals surface area (Å²) in [5.74, 6) is 0.0592. The summed E-state index contributed by atoms with van der Waals surface area (Å²) >= 11 is 0. The zero-order chi connectivity index (χ0) is 15.4. The van der Waals surface area contributed by atoms with Crippen molar-refractivity contribution >= 4 is 5.91 Å². The Morgan fingerprint density at radius 1 is 1.32 bits per heavy atom. The zero-order valence-electron chi connectivity index (χ0n) is 12.3. The van der Waals surface area contributed by atoms with Crippen LogP contribution in [0.2, 0.25) is 0 Å². The van der Waals surface area contributed by atoms with Crippen LogP contribution in [0.4, 0.5) is 0 Å². The number of pyridine rings is 1. The molecule has 0 spiro atoms. The van der Waals surface area contributed by atoms with Crippen molar-refractivity contribution in [3.8, 4) is 0 Å². The maximum absolute atomic E-state index is 12.5. The minimum absolute atomic E-state index is 0.00805. The smallest absolute Gasteiger partial charge is 0.250 e. The lowest BCUT2D eigenvalue weighted by atomic mass is 10.1. The summed E-state index contributed by atoms with van der Waals surface area (Å²) in [5.41, 5.74) is 0.757. The highest BCUT2D eigenvalue weighted by Crippen LogP contribution is 2.30. The van der Waals surface area contributed by atoms with Crippen LogP contribution < -0.4 is 5.56 Å². The van der Waals surface area contributed by atoms with Gasteiger partial charge in [-0.25, -0.2) is 0 Å². The van der Waals surface area contributed by atoms with Crippen molar-refractivity contribution in [1.29, 1.82) is 0 Å². The van der Waals surface area contributed by atoms with Crippen molar-refractivity contribution in [2.75, 3.05) is 6.54 Å². The molecule has 0 aromatic carbocycles. The highest BCUT2D eigenvalue weighted by atomic mass is 16.2. The minimum atomic E-state index is -0.0813. The lowest BCUT2D eigenvalue weighted by Crippen LogP contribution is -2.32. The number of rotatable bonds is 4. The number of amides is 1. The van der Waals surface area contributed by atoms with Gasteiger partial charge in [-0.1, -0.05) is 6.07 Å². The topological polar surface area (TPSA) is 68.1 Å². The van der Waals surface area contributed by atoms with Gasteiger partial charge in [0.2, 0.25) is 5.91 Å². The Morgan fingerprint density at radius 3 is 3.00 bits per heavy atom. The summed E-state index contributed by atoms with van der Waals surface area (Å²) in [7, 11) is 0. The third kappa shape index (κ3) is 3.05. The lowest BCUT2D eigenvalue weighted by molar-refractivity contribution is -0.132. The van der Waals surface area contributed by atoms with Crippen molar-refractivity contribution in [3.63, 3.8) is 0 Å². The molecule has 1 saturated heterocycles. The maximum atomic E-state index is 12.5. The zero-order valence-corrected chi connectivity index (χ0v) is 12.3. The summed E-state index contributed by atoms with van der Waals surface area (Å²) in [6, 6.07) is 5.01. The first-order valence-corrected chi connectivity index (χ1v) is 7.46. The average Bonchev–Trinajstić information content (AvgIpc) is 3.04. The van der Waals surface area contributed by atoms with E-state index in [0.29, 0.717) is 13.0 Å². The third-order valence-electron chi connectivity index (χ3n) is 3.96. The van der Waals surface area contributed by atoms with Gasteiger partial charge in [-0.3, -0.25) is 19.6 Å². The summed E-state index contributed by atoms with van der Waals surface area (Å²) in [6.07, 6.45) is 8.92. The van der Waals surface area contributed by atoms with E-state index in [1.54, 1.807) is 41.5 Å². The van der Waals surface area contributed by atoms with E-state index in [9.17, 15) is 9.59 Å². The first-order valence-electron chi connectivity index (χ1n) is 7.46. The van der Waals surface area contributed by atoms with Crippen molar-refractivity contribution in [2.45, 2.75) is 31.8 Å². The van der Waals surface area contributed by atoms with Gasteiger partial charge >= 0.3 is 0 Å². The second kappa shape index (κ2) is 6.51. The fourth-order valence-corrected chi connectivity index (χ4v) is 2.86. The molecule has 1 amide bonds. The van der Waals surface area contributed by atoms with E-state index < -0.39 is 0 Å². The Balaban J connectivity index is 1.67. The standard InChI is InChI=1S/C16H18N4O2/c21-15-5-1-2-9-19(15)11-6-16(22)20-10-3-4-14(20)13-12-17-7-8-18-13/h1-2,5,7-9,12,14H,3-4,6,10-11H2. The fraction of sp³-hybridized carbons (Fsp3) is 0.375. The number of carbonyl (C=O) groups is 1. The van der Waals surface area contributed by atoms with Gasteiger partial charge in [0.05, 0.1) is 17.9 Å². The first kappa shape index (κ1) is 14.4. The highest BCUT2D eigenvalue weighted by Gasteiger charge is 2.30. The summed E-state index contributed by atoms with van der Waals surface area (Å²) < 4.78 is 1.56. The van der Waals surface area contributed by atoms with E-state index in [1.165, 1.54) is 6.07 Å². The molecule has 0 radical (unpaired) electrons. The Bertz CT molecular complexity index is 699. The molecule has 2 aromatic rings. The Labute approximate surface area is 128 Å². The van der Waals surface area contributed by atoms with Gasteiger partial charge in [0.1, 0.15) is 0 Å². The second-order valence-corrected chi connectivity index (χ2v) is 5.36. The predicted octanol–water partition coefficient (Wildman–Crippen LogP) is 1.39. The van der Waals surface area contributed by atoms with E-state index in [0.717, 1.165) is 25.1 Å². The molecule has 6 nitrogen and oxygen atoms in total. The van der Waals surface area contributed by atoms with Crippen LogP contribution in [0, 0.1) is 0 Å². The van der Waals surface area contributed by atoms with Crippen LogP contribution in [-0.4, -0.2) is 31.9 Å². The summed E-state index contributed by atoms with van der Waals surface area (Å²) in [4.78, 5) is 34.4. The largest absolute Gasteiger partial charge is 0.334 e. The molecule has 1 fully saturated rings. The van der Waals surface area contributed by atoms with E-state index in [4.69, 9.17) is 0 Å². The average molecular weight is 298 g/mol. The second-order valence-electron chi connectivity index (χ2n) is 5.36. The molecule has 0 aliphatic carbocycles. The first-order chi connectivity index (χ1) is 10.8. The van der Waals surface area contributed by atoms with Crippen molar-refractivity contribution in [1.82, 2.24) is 19.4 Å². The number of aryl methyl sites for hydroxylation is 1. The van der Waals surface area contributed by atoms with Crippen molar-refractivity contribution in [3.05, 3.63) is 59.0 Å². The lowest BCUT2D eigenvalue weighted by Gasteiger charge is -2.24.